The molecule has 0 spiro atoms. The Balaban J connectivity index is 2.89. The number of aromatic nitrogens is 1. The van der Waals surface area contributed by atoms with E-state index in [2.05, 4.69) is 23.6 Å². The van der Waals surface area contributed by atoms with Crippen LogP contribution in [0.1, 0.15) is 32.4 Å². The van der Waals surface area contributed by atoms with Gasteiger partial charge in [-0.05, 0) is 26.9 Å². The smallest absolute Gasteiger partial charge is 0.305 e. The SMILES string of the molecule is CCC(CC)C(CNS(=O)(=O)c1sc(=O)[nH]c1C)N(C)C. The van der Waals surface area contributed by atoms with Crippen molar-refractivity contribution < 1.29 is 8.42 Å². The summed E-state index contributed by atoms with van der Waals surface area (Å²) < 4.78 is 27.3. The summed E-state index contributed by atoms with van der Waals surface area (Å²) in [6, 6.07) is 0.130. The Morgan fingerprint density at radius 2 is 1.86 bits per heavy atom. The van der Waals surface area contributed by atoms with E-state index in [4.69, 9.17) is 0 Å². The van der Waals surface area contributed by atoms with Gasteiger partial charge in [0.05, 0.1) is 0 Å². The highest BCUT2D eigenvalue weighted by Gasteiger charge is 2.25. The van der Waals surface area contributed by atoms with Gasteiger partial charge in [-0.15, -0.1) is 0 Å². The van der Waals surface area contributed by atoms with E-state index in [1.165, 1.54) is 0 Å². The average molecular weight is 335 g/mol. The van der Waals surface area contributed by atoms with Gasteiger partial charge in [0.25, 0.3) is 10.0 Å². The van der Waals surface area contributed by atoms with Crippen molar-refractivity contribution in [3.63, 3.8) is 0 Å². The molecule has 6 nitrogen and oxygen atoms in total. The largest absolute Gasteiger partial charge is 0.315 e. The predicted octanol–water partition coefficient (Wildman–Crippen LogP) is 1.39. The van der Waals surface area contributed by atoms with Crippen molar-refractivity contribution in [1.82, 2.24) is 14.6 Å². The fraction of sp³-hybridized carbons (Fsp3) is 0.769. The molecule has 1 atom stereocenters. The maximum absolute atomic E-state index is 12.3. The minimum atomic E-state index is -3.64. The molecule has 1 aromatic heterocycles. The molecule has 0 radical (unpaired) electrons. The Labute approximate surface area is 130 Å². The average Bonchev–Trinajstić information content (AvgIpc) is 2.74. The van der Waals surface area contributed by atoms with Gasteiger partial charge in [-0.1, -0.05) is 38.0 Å². The van der Waals surface area contributed by atoms with Crippen molar-refractivity contribution in [1.29, 1.82) is 0 Å². The molecule has 0 fully saturated rings. The Kier molecular flexibility index (Phi) is 6.58. The number of thiazole rings is 1. The molecule has 0 saturated carbocycles. The second kappa shape index (κ2) is 7.53. The number of H-pyrrole nitrogens is 1. The van der Waals surface area contributed by atoms with Gasteiger partial charge >= 0.3 is 4.87 Å². The van der Waals surface area contributed by atoms with Crippen molar-refractivity contribution in [2.45, 2.75) is 43.9 Å². The summed E-state index contributed by atoms with van der Waals surface area (Å²) in [6.45, 7) is 6.16. The molecule has 1 aromatic rings. The van der Waals surface area contributed by atoms with Crippen LogP contribution in [-0.4, -0.2) is 45.0 Å². The number of aryl methyl sites for hydroxylation is 1. The van der Waals surface area contributed by atoms with Gasteiger partial charge in [-0.25, -0.2) is 13.1 Å². The summed E-state index contributed by atoms with van der Waals surface area (Å²) in [5.41, 5.74) is 0.390. The number of sulfonamides is 1. The van der Waals surface area contributed by atoms with Crippen molar-refractivity contribution >= 4 is 21.4 Å². The Morgan fingerprint density at radius 3 is 2.24 bits per heavy atom. The third kappa shape index (κ3) is 4.64. The Bertz CT molecular complexity index is 600. The zero-order chi connectivity index (χ0) is 16.2. The highest BCUT2D eigenvalue weighted by Crippen LogP contribution is 2.19. The third-order valence-electron chi connectivity index (χ3n) is 3.76. The van der Waals surface area contributed by atoms with Crippen LogP contribution in [0.4, 0.5) is 0 Å². The van der Waals surface area contributed by atoms with Crippen LogP contribution >= 0.6 is 11.3 Å². The molecule has 0 amide bonds. The molecule has 0 aromatic carbocycles. The molecule has 0 saturated heterocycles. The van der Waals surface area contributed by atoms with Gasteiger partial charge < -0.3 is 9.88 Å². The van der Waals surface area contributed by atoms with Crippen molar-refractivity contribution in [2.24, 2.45) is 5.92 Å². The van der Waals surface area contributed by atoms with E-state index < -0.39 is 10.0 Å². The van der Waals surface area contributed by atoms with Crippen LogP contribution in [0.2, 0.25) is 0 Å². The van der Waals surface area contributed by atoms with Crippen LogP contribution in [0.25, 0.3) is 0 Å². The lowest BCUT2D eigenvalue weighted by Gasteiger charge is -2.31. The van der Waals surface area contributed by atoms with Crippen LogP contribution < -0.4 is 9.60 Å². The lowest BCUT2D eigenvalue weighted by Crippen LogP contribution is -2.44. The molecule has 1 unspecified atom stereocenters. The summed E-state index contributed by atoms with van der Waals surface area (Å²) in [6.07, 6.45) is 2.00. The fourth-order valence-corrected chi connectivity index (χ4v) is 4.91. The zero-order valence-corrected chi connectivity index (χ0v) is 14.9. The minimum Gasteiger partial charge on any atom is -0.315 e. The first kappa shape index (κ1) is 18.3. The van der Waals surface area contributed by atoms with Gasteiger partial charge in [0, 0.05) is 18.3 Å². The van der Waals surface area contributed by atoms with Crippen molar-refractivity contribution in [3.8, 4) is 0 Å². The summed E-state index contributed by atoms with van der Waals surface area (Å²) in [5.74, 6) is 0.425. The number of aromatic amines is 1. The lowest BCUT2D eigenvalue weighted by molar-refractivity contribution is 0.201. The van der Waals surface area contributed by atoms with Crippen LogP contribution in [-0.2, 0) is 10.0 Å². The molecule has 1 heterocycles. The molecule has 8 heteroatoms. The summed E-state index contributed by atoms with van der Waals surface area (Å²) >= 11 is 0.726. The number of nitrogens with one attached hydrogen (secondary N) is 2. The van der Waals surface area contributed by atoms with Gasteiger partial charge in [0.15, 0.2) is 4.21 Å². The molecule has 21 heavy (non-hydrogen) atoms. The number of hydrogen-bond donors (Lipinski definition) is 2. The minimum absolute atomic E-state index is 0.0783. The second-order valence-electron chi connectivity index (χ2n) is 5.39. The molecule has 122 valence electrons. The highest BCUT2D eigenvalue weighted by molar-refractivity contribution is 7.91. The van der Waals surface area contributed by atoms with E-state index >= 15 is 0 Å². The molecule has 0 aliphatic rings. The van der Waals surface area contributed by atoms with E-state index in [9.17, 15) is 13.2 Å². The first-order valence-electron chi connectivity index (χ1n) is 7.08. The Morgan fingerprint density at radius 1 is 1.29 bits per heavy atom. The molecule has 1 rings (SSSR count). The van der Waals surface area contributed by atoms with E-state index in [0.717, 1.165) is 24.2 Å². The number of hydrogen-bond acceptors (Lipinski definition) is 5. The van der Waals surface area contributed by atoms with Gasteiger partial charge in [0.1, 0.15) is 0 Å². The standard InChI is InChI=1S/C13H25N3O3S2/c1-6-10(7-2)11(16(4)5)8-14-21(18,19)12-9(3)15-13(17)20-12/h10-11,14H,6-8H2,1-5H3,(H,15,17). The lowest BCUT2D eigenvalue weighted by atomic mass is 9.93. The van der Waals surface area contributed by atoms with E-state index in [1.54, 1.807) is 6.92 Å². The molecular weight excluding hydrogens is 310 g/mol. The fourth-order valence-electron chi connectivity index (χ4n) is 2.51. The van der Waals surface area contributed by atoms with Crippen LogP contribution in [0.5, 0.6) is 0 Å². The number of nitrogens with zero attached hydrogens (tertiary/aromatic N) is 1. The molecule has 0 aliphatic carbocycles. The zero-order valence-electron chi connectivity index (χ0n) is 13.3. The normalized spacial score (nSPS) is 14.0. The van der Waals surface area contributed by atoms with Gasteiger partial charge in [-0.3, -0.25) is 4.79 Å². The monoisotopic (exact) mass is 335 g/mol. The summed E-state index contributed by atoms with van der Waals surface area (Å²) in [5, 5.41) is 0. The van der Waals surface area contributed by atoms with Crippen LogP contribution in [0.3, 0.4) is 0 Å². The maximum Gasteiger partial charge on any atom is 0.305 e. The molecule has 2 N–H and O–H groups in total. The van der Waals surface area contributed by atoms with Crippen molar-refractivity contribution in [3.05, 3.63) is 15.4 Å². The third-order valence-corrected chi connectivity index (χ3v) is 6.79. The number of likely N-dealkylation sites (N-methyl/N-ethyl adjacent to an activating group) is 1. The quantitative estimate of drug-likeness (QED) is 0.752. The predicted molar refractivity (Wildman–Crippen MR) is 86.4 cm³/mol. The van der Waals surface area contributed by atoms with E-state index in [1.807, 2.05) is 19.0 Å². The van der Waals surface area contributed by atoms with Crippen LogP contribution in [0, 0.1) is 12.8 Å². The molecule has 0 aliphatic heterocycles. The first-order chi connectivity index (χ1) is 9.72. The molecular formula is C13H25N3O3S2. The van der Waals surface area contributed by atoms with Gasteiger partial charge in [-0.2, -0.15) is 0 Å². The van der Waals surface area contributed by atoms with Gasteiger partial charge in [0.2, 0.25) is 0 Å². The summed E-state index contributed by atoms with van der Waals surface area (Å²) in [7, 11) is 0.273. The number of rotatable bonds is 8. The Hall–Kier alpha value is -0.700. The van der Waals surface area contributed by atoms with Crippen LogP contribution in [0.15, 0.2) is 9.00 Å². The summed E-state index contributed by atoms with van der Waals surface area (Å²) in [4.78, 5) is 15.5. The highest BCUT2D eigenvalue weighted by atomic mass is 32.2. The van der Waals surface area contributed by atoms with Crippen molar-refractivity contribution in [2.75, 3.05) is 20.6 Å². The molecule has 0 bridgehead atoms. The topological polar surface area (TPSA) is 82.3 Å². The second-order valence-corrected chi connectivity index (χ2v) is 8.33. The van der Waals surface area contributed by atoms with E-state index in [0.29, 0.717) is 18.2 Å². The van der Waals surface area contributed by atoms with E-state index in [-0.39, 0.29) is 15.1 Å². The maximum atomic E-state index is 12.3. The first-order valence-corrected chi connectivity index (χ1v) is 9.38.